The molecule has 98 valence electrons. The van der Waals surface area contributed by atoms with Gasteiger partial charge in [0.25, 0.3) is 0 Å². The fraction of sp³-hybridized carbons (Fsp3) is 0.364. The first-order valence-corrected chi connectivity index (χ1v) is 5.99. The van der Waals surface area contributed by atoms with E-state index in [1.807, 2.05) is 6.92 Å². The lowest BCUT2D eigenvalue weighted by molar-refractivity contribution is 0.0482. The molecule has 0 spiro atoms. The van der Waals surface area contributed by atoms with Gasteiger partial charge in [0.05, 0.1) is 16.7 Å². The predicted octanol–water partition coefficient (Wildman–Crippen LogP) is 3.04. The maximum Gasteiger partial charge on any atom is 0.357 e. The van der Waals surface area contributed by atoms with Crippen LogP contribution in [-0.4, -0.2) is 28.6 Å². The van der Waals surface area contributed by atoms with Crippen molar-refractivity contribution in [1.29, 1.82) is 0 Å². The Labute approximate surface area is 114 Å². The van der Waals surface area contributed by atoms with Crippen molar-refractivity contribution < 1.29 is 19.4 Å². The molecule has 0 aliphatic heterocycles. The van der Waals surface area contributed by atoms with E-state index in [1.165, 1.54) is 0 Å². The van der Waals surface area contributed by atoms with E-state index in [9.17, 15) is 9.59 Å². The summed E-state index contributed by atoms with van der Waals surface area (Å²) in [7, 11) is 0. The Morgan fingerprint density at radius 2 is 2.11 bits per heavy atom. The number of carbonyl (C=O) groups is 2. The van der Waals surface area contributed by atoms with Crippen molar-refractivity contribution in [3.8, 4) is 0 Å². The minimum Gasteiger partial charge on any atom is -0.478 e. The van der Waals surface area contributed by atoms with E-state index in [0.29, 0.717) is 6.42 Å². The molecule has 18 heavy (non-hydrogen) atoms. The topological polar surface area (TPSA) is 76.5 Å². The molecule has 0 aliphatic carbocycles. The number of unbranched alkanes of at least 4 members (excludes halogenated alkanes) is 1. The second-order valence-electron chi connectivity index (χ2n) is 3.44. The largest absolute Gasteiger partial charge is 0.478 e. The summed E-state index contributed by atoms with van der Waals surface area (Å²) >= 11 is 11.4. The monoisotopic (exact) mass is 291 g/mol. The number of aromatic carboxylic acids is 1. The van der Waals surface area contributed by atoms with Crippen LogP contribution in [0.15, 0.2) is 6.20 Å². The zero-order valence-electron chi connectivity index (χ0n) is 9.57. The molecule has 0 unspecified atom stereocenters. The molecule has 1 rings (SSSR count). The summed E-state index contributed by atoms with van der Waals surface area (Å²) in [6, 6.07) is 0. The normalized spacial score (nSPS) is 10.2. The second kappa shape index (κ2) is 6.56. The summed E-state index contributed by atoms with van der Waals surface area (Å²) in [5.74, 6) is -2.20. The first-order chi connectivity index (χ1) is 8.49. The van der Waals surface area contributed by atoms with Crippen molar-refractivity contribution in [2.24, 2.45) is 0 Å². The highest BCUT2D eigenvalue weighted by Crippen LogP contribution is 2.27. The van der Waals surface area contributed by atoms with Gasteiger partial charge in [0.1, 0.15) is 5.56 Å². The molecule has 0 saturated carbocycles. The molecular weight excluding hydrogens is 281 g/mol. The van der Waals surface area contributed by atoms with Crippen LogP contribution in [0.25, 0.3) is 0 Å². The number of ether oxygens (including phenoxy) is 1. The molecule has 7 heteroatoms. The molecule has 0 aromatic carbocycles. The molecule has 1 N–H and O–H groups in total. The van der Waals surface area contributed by atoms with Crippen LogP contribution in [0.1, 0.15) is 40.6 Å². The Balaban J connectivity index is 3.05. The van der Waals surface area contributed by atoms with Crippen LogP contribution in [-0.2, 0) is 4.74 Å². The molecule has 0 saturated heterocycles. The van der Waals surface area contributed by atoms with E-state index in [0.717, 1.165) is 12.6 Å². The maximum atomic E-state index is 11.7. The van der Waals surface area contributed by atoms with Crippen LogP contribution in [0.4, 0.5) is 0 Å². The van der Waals surface area contributed by atoms with Gasteiger partial charge in [-0.25, -0.2) is 14.6 Å². The summed E-state index contributed by atoms with van der Waals surface area (Å²) in [4.78, 5) is 26.4. The highest BCUT2D eigenvalue weighted by molar-refractivity contribution is 6.44. The van der Waals surface area contributed by atoms with Gasteiger partial charge < -0.3 is 9.84 Å². The number of nitrogens with zero attached hydrogens (tertiary/aromatic N) is 1. The maximum absolute atomic E-state index is 11.7. The molecule has 0 radical (unpaired) electrons. The van der Waals surface area contributed by atoms with E-state index in [2.05, 4.69) is 4.98 Å². The molecule has 0 fully saturated rings. The SMILES string of the molecule is CCCCOC(=O)c1ncc(Cl)c(Cl)c1C(=O)O. The van der Waals surface area contributed by atoms with Gasteiger partial charge in [0.15, 0.2) is 5.69 Å². The number of pyridine rings is 1. The Morgan fingerprint density at radius 1 is 1.44 bits per heavy atom. The minimum absolute atomic E-state index is 0.0285. The predicted molar refractivity (Wildman–Crippen MR) is 66.4 cm³/mol. The number of carboxylic acid groups (broad SMARTS) is 1. The van der Waals surface area contributed by atoms with Crippen LogP contribution in [0.3, 0.4) is 0 Å². The molecule has 1 aromatic rings. The Morgan fingerprint density at radius 3 is 2.67 bits per heavy atom. The van der Waals surface area contributed by atoms with Crippen molar-refractivity contribution in [3.63, 3.8) is 0 Å². The highest BCUT2D eigenvalue weighted by Gasteiger charge is 2.24. The van der Waals surface area contributed by atoms with Crippen LogP contribution >= 0.6 is 23.2 Å². The molecular formula is C11H11Cl2NO4. The van der Waals surface area contributed by atoms with E-state index < -0.39 is 17.5 Å². The van der Waals surface area contributed by atoms with Crippen LogP contribution in [0.5, 0.6) is 0 Å². The number of esters is 1. The van der Waals surface area contributed by atoms with Gasteiger partial charge in [-0.2, -0.15) is 0 Å². The van der Waals surface area contributed by atoms with Crippen molar-refractivity contribution in [2.75, 3.05) is 6.61 Å². The number of halogens is 2. The molecule has 0 amide bonds. The number of carboxylic acids is 1. The third-order valence-electron chi connectivity index (χ3n) is 2.11. The van der Waals surface area contributed by atoms with Crippen molar-refractivity contribution in [3.05, 3.63) is 27.5 Å². The molecule has 5 nitrogen and oxygen atoms in total. The molecule has 1 aromatic heterocycles. The molecule has 0 bridgehead atoms. The Bertz CT molecular complexity index is 476. The Kier molecular flexibility index (Phi) is 5.37. The number of aromatic nitrogens is 1. The minimum atomic E-state index is -1.38. The lowest BCUT2D eigenvalue weighted by atomic mass is 10.2. The van der Waals surface area contributed by atoms with Crippen molar-refractivity contribution in [1.82, 2.24) is 4.98 Å². The van der Waals surface area contributed by atoms with Gasteiger partial charge in [-0.3, -0.25) is 0 Å². The van der Waals surface area contributed by atoms with Crippen LogP contribution < -0.4 is 0 Å². The summed E-state index contributed by atoms with van der Waals surface area (Å²) < 4.78 is 4.89. The quantitative estimate of drug-likeness (QED) is 0.666. The van der Waals surface area contributed by atoms with E-state index >= 15 is 0 Å². The zero-order chi connectivity index (χ0) is 13.7. The fourth-order valence-corrected chi connectivity index (χ4v) is 1.56. The van der Waals surface area contributed by atoms with Crippen molar-refractivity contribution >= 4 is 35.1 Å². The first-order valence-electron chi connectivity index (χ1n) is 5.23. The number of hydrogen-bond donors (Lipinski definition) is 1. The van der Waals surface area contributed by atoms with Gasteiger partial charge in [0, 0.05) is 6.20 Å². The van der Waals surface area contributed by atoms with E-state index in [-0.39, 0.29) is 22.3 Å². The summed E-state index contributed by atoms with van der Waals surface area (Å²) in [6.07, 6.45) is 2.66. The van der Waals surface area contributed by atoms with Gasteiger partial charge in [0.2, 0.25) is 0 Å². The average molecular weight is 292 g/mol. The van der Waals surface area contributed by atoms with Gasteiger partial charge in [-0.05, 0) is 6.42 Å². The smallest absolute Gasteiger partial charge is 0.357 e. The van der Waals surface area contributed by atoms with Gasteiger partial charge >= 0.3 is 11.9 Å². The highest BCUT2D eigenvalue weighted by atomic mass is 35.5. The third kappa shape index (κ3) is 3.34. The van der Waals surface area contributed by atoms with E-state index in [1.54, 1.807) is 0 Å². The van der Waals surface area contributed by atoms with Gasteiger partial charge in [-0.1, -0.05) is 36.5 Å². The molecule has 1 heterocycles. The lowest BCUT2D eigenvalue weighted by Crippen LogP contribution is -2.15. The standard InChI is InChI=1S/C11H11Cl2NO4/c1-2-3-4-18-11(17)9-7(10(15)16)8(13)6(12)5-14-9/h5H,2-4H2,1H3,(H,15,16). The summed E-state index contributed by atoms with van der Waals surface area (Å²) in [5.41, 5.74) is -0.779. The second-order valence-corrected chi connectivity index (χ2v) is 4.22. The third-order valence-corrected chi connectivity index (χ3v) is 2.89. The lowest BCUT2D eigenvalue weighted by Gasteiger charge is -2.08. The fourth-order valence-electron chi connectivity index (χ4n) is 1.19. The van der Waals surface area contributed by atoms with E-state index in [4.69, 9.17) is 33.0 Å². The molecule has 0 aliphatic rings. The average Bonchev–Trinajstić information content (AvgIpc) is 2.32. The molecule has 0 atom stereocenters. The zero-order valence-corrected chi connectivity index (χ0v) is 11.1. The number of hydrogen-bond acceptors (Lipinski definition) is 4. The number of carbonyl (C=O) groups excluding carboxylic acids is 1. The number of rotatable bonds is 5. The van der Waals surface area contributed by atoms with Gasteiger partial charge in [-0.15, -0.1) is 0 Å². The van der Waals surface area contributed by atoms with Crippen molar-refractivity contribution in [2.45, 2.75) is 19.8 Å². The Hall–Kier alpha value is -1.33. The summed E-state index contributed by atoms with van der Waals surface area (Å²) in [5, 5.41) is 8.75. The van der Waals surface area contributed by atoms with Crippen LogP contribution in [0, 0.1) is 0 Å². The van der Waals surface area contributed by atoms with Crippen LogP contribution in [0.2, 0.25) is 10.0 Å². The summed E-state index contributed by atoms with van der Waals surface area (Å²) in [6.45, 7) is 2.14. The first kappa shape index (κ1) is 14.7.